The summed E-state index contributed by atoms with van der Waals surface area (Å²) >= 11 is 0. The zero-order valence-corrected chi connectivity index (χ0v) is 3.98. The highest BCUT2D eigenvalue weighted by atomic mass is 16.6. The van der Waals surface area contributed by atoms with Gasteiger partial charge in [0.2, 0.25) is 0 Å². The molecule has 0 atom stereocenters. The van der Waals surface area contributed by atoms with Gasteiger partial charge in [0.05, 0.1) is 0 Å². The summed E-state index contributed by atoms with van der Waals surface area (Å²) in [6.45, 7) is 2.51. The number of ether oxygens (including phenoxy) is 1. The summed E-state index contributed by atoms with van der Waals surface area (Å²) in [6.07, 6.45) is 0.973. The molecule has 0 heterocycles. The molecule has 2 heteroatoms. The molecule has 0 saturated heterocycles. The second kappa shape index (κ2) is 4.92. The van der Waals surface area contributed by atoms with Gasteiger partial charge in [-0.05, 0) is 6.42 Å². The highest BCUT2D eigenvalue weighted by Crippen LogP contribution is 1.74. The fraction of sp³-hybridized carbons (Fsp3) is 1.00. The summed E-state index contributed by atoms with van der Waals surface area (Å²) in [5, 5.41) is 7.98. The van der Waals surface area contributed by atoms with E-state index in [9.17, 15) is 0 Å². The third-order valence-electron chi connectivity index (χ3n) is 0.440. The molecule has 2 nitrogen and oxygen atoms in total. The predicted molar refractivity (Wildman–Crippen MR) is 23.3 cm³/mol. The monoisotopic (exact) mass is 90.1 g/mol. The lowest BCUT2D eigenvalue weighted by atomic mass is 10.5. The highest BCUT2D eigenvalue weighted by Gasteiger charge is 1.73. The Morgan fingerprint density at radius 3 is 2.50 bits per heavy atom. The van der Waals surface area contributed by atoms with Gasteiger partial charge in [-0.1, -0.05) is 6.92 Å². The normalized spacial score (nSPS) is 9.00. The van der Waals surface area contributed by atoms with Crippen LogP contribution in [0.1, 0.15) is 13.3 Å². The molecule has 0 amide bonds. The van der Waals surface area contributed by atoms with Crippen molar-refractivity contribution in [1.82, 2.24) is 0 Å². The molecule has 1 N–H and O–H groups in total. The largest absolute Gasteiger partial charge is 0.371 e. The Morgan fingerprint density at radius 2 is 2.33 bits per heavy atom. The van der Waals surface area contributed by atoms with E-state index in [1.165, 1.54) is 0 Å². The third-order valence-corrected chi connectivity index (χ3v) is 0.440. The highest BCUT2D eigenvalue weighted by molar-refractivity contribution is 4.16. The van der Waals surface area contributed by atoms with Gasteiger partial charge in [0.25, 0.3) is 0 Å². The Kier molecular flexibility index (Phi) is 4.85. The molecule has 0 fully saturated rings. The molecule has 0 rings (SSSR count). The molecule has 38 valence electrons. The number of hydrogen-bond acceptors (Lipinski definition) is 2. The van der Waals surface area contributed by atoms with Crippen molar-refractivity contribution in [2.75, 3.05) is 13.4 Å². The standard InChI is InChI=1S/C4H10O2/c1-2-3-6-4-5/h5H,2-4H2,1H3. The molecular formula is C4H10O2. The van der Waals surface area contributed by atoms with Crippen LogP contribution < -0.4 is 0 Å². The molecule has 0 unspecified atom stereocenters. The minimum absolute atomic E-state index is 0.145. The molecule has 0 aliphatic carbocycles. The van der Waals surface area contributed by atoms with E-state index in [0.717, 1.165) is 6.42 Å². The van der Waals surface area contributed by atoms with E-state index in [0.29, 0.717) is 6.61 Å². The maximum absolute atomic E-state index is 7.98. The van der Waals surface area contributed by atoms with Gasteiger partial charge in [-0.15, -0.1) is 0 Å². The maximum Gasteiger partial charge on any atom is 0.143 e. The van der Waals surface area contributed by atoms with Crippen LogP contribution in [-0.4, -0.2) is 18.5 Å². The average molecular weight is 90.1 g/mol. The fourth-order valence-corrected chi connectivity index (χ4v) is 0.209. The van der Waals surface area contributed by atoms with E-state index in [1.54, 1.807) is 0 Å². The van der Waals surface area contributed by atoms with Gasteiger partial charge in [0.15, 0.2) is 0 Å². The molecule has 0 aromatic rings. The molecule has 0 aromatic heterocycles. The van der Waals surface area contributed by atoms with Crippen LogP contribution in [0.5, 0.6) is 0 Å². The minimum Gasteiger partial charge on any atom is -0.371 e. The van der Waals surface area contributed by atoms with Crippen LogP contribution >= 0.6 is 0 Å². The van der Waals surface area contributed by atoms with Gasteiger partial charge in [0, 0.05) is 6.61 Å². The van der Waals surface area contributed by atoms with E-state index in [4.69, 9.17) is 5.11 Å². The Hall–Kier alpha value is -0.0800. The lowest BCUT2D eigenvalue weighted by Gasteiger charge is -1.90. The number of aliphatic hydroxyl groups excluding tert-OH is 1. The fourth-order valence-electron chi connectivity index (χ4n) is 0.209. The van der Waals surface area contributed by atoms with Crippen LogP contribution in [0.25, 0.3) is 0 Å². The van der Waals surface area contributed by atoms with Crippen molar-refractivity contribution in [1.29, 1.82) is 0 Å². The summed E-state index contributed by atoms with van der Waals surface area (Å²) in [4.78, 5) is 0. The Morgan fingerprint density at radius 1 is 1.67 bits per heavy atom. The van der Waals surface area contributed by atoms with Crippen molar-refractivity contribution in [2.45, 2.75) is 13.3 Å². The van der Waals surface area contributed by atoms with Gasteiger partial charge in [0.1, 0.15) is 6.79 Å². The number of rotatable bonds is 3. The topological polar surface area (TPSA) is 29.5 Å². The van der Waals surface area contributed by atoms with Crippen LogP contribution in [0, 0.1) is 0 Å². The van der Waals surface area contributed by atoms with E-state index in [-0.39, 0.29) is 6.79 Å². The van der Waals surface area contributed by atoms with Crippen LogP contribution in [0.4, 0.5) is 0 Å². The van der Waals surface area contributed by atoms with Crippen molar-refractivity contribution < 1.29 is 9.84 Å². The first-order valence-corrected chi connectivity index (χ1v) is 2.10. The van der Waals surface area contributed by atoms with Gasteiger partial charge < -0.3 is 9.84 Å². The van der Waals surface area contributed by atoms with E-state index >= 15 is 0 Å². The van der Waals surface area contributed by atoms with Crippen LogP contribution in [0.3, 0.4) is 0 Å². The van der Waals surface area contributed by atoms with E-state index in [2.05, 4.69) is 4.74 Å². The molecule has 0 saturated carbocycles. The smallest absolute Gasteiger partial charge is 0.143 e. The van der Waals surface area contributed by atoms with Gasteiger partial charge in [-0.3, -0.25) is 0 Å². The van der Waals surface area contributed by atoms with Crippen molar-refractivity contribution in [2.24, 2.45) is 0 Å². The van der Waals surface area contributed by atoms with Crippen LogP contribution in [0.15, 0.2) is 0 Å². The zero-order chi connectivity index (χ0) is 4.83. The summed E-state index contributed by atoms with van der Waals surface area (Å²) in [7, 11) is 0. The molecule has 6 heavy (non-hydrogen) atoms. The minimum atomic E-state index is -0.145. The first kappa shape index (κ1) is 5.92. The lowest BCUT2D eigenvalue weighted by Crippen LogP contribution is -1.91. The van der Waals surface area contributed by atoms with Crippen LogP contribution in [-0.2, 0) is 4.74 Å². The summed E-state index contributed by atoms with van der Waals surface area (Å²) < 4.78 is 4.54. The van der Waals surface area contributed by atoms with Crippen LogP contribution in [0.2, 0.25) is 0 Å². The molecule has 0 aromatic carbocycles. The SMILES string of the molecule is CCCOCO. The number of aliphatic hydroxyl groups is 1. The predicted octanol–water partition coefficient (Wildman–Crippen LogP) is 0.363. The molecule has 0 aliphatic heterocycles. The van der Waals surface area contributed by atoms with Crippen molar-refractivity contribution in [3.05, 3.63) is 0 Å². The first-order chi connectivity index (χ1) is 2.91. The van der Waals surface area contributed by atoms with Crippen molar-refractivity contribution in [3.8, 4) is 0 Å². The Bertz CT molecular complexity index is 17.5. The van der Waals surface area contributed by atoms with Crippen molar-refractivity contribution >= 4 is 0 Å². The summed E-state index contributed by atoms with van der Waals surface area (Å²) in [5.74, 6) is 0. The quantitative estimate of drug-likeness (QED) is 0.400. The Labute approximate surface area is 37.7 Å². The summed E-state index contributed by atoms with van der Waals surface area (Å²) in [5.41, 5.74) is 0. The second-order valence-electron chi connectivity index (χ2n) is 1.04. The molecular weight excluding hydrogens is 80.0 g/mol. The second-order valence-corrected chi connectivity index (χ2v) is 1.04. The van der Waals surface area contributed by atoms with Gasteiger partial charge in [-0.2, -0.15) is 0 Å². The summed E-state index contributed by atoms with van der Waals surface area (Å²) in [6, 6.07) is 0. The Balaban J connectivity index is 2.34. The lowest BCUT2D eigenvalue weighted by molar-refractivity contribution is -0.000864. The molecule has 0 radical (unpaired) electrons. The van der Waals surface area contributed by atoms with Gasteiger partial charge in [-0.25, -0.2) is 0 Å². The van der Waals surface area contributed by atoms with E-state index in [1.807, 2.05) is 6.92 Å². The maximum atomic E-state index is 7.98. The average Bonchev–Trinajstić information content (AvgIpc) is 1.61. The van der Waals surface area contributed by atoms with E-state index < -0.39 is 0 Å². The molecule has 0 aliphatic rings. The molecule has 0 bridgehead atoms. The van der Waals surface area contributed by atoms with Gasteiger partial charge >= 0.3 is 0 Å². The first-order valence-electron chi connectivity index (χ1n) is 2.10. The third kappa shape index (κ3) is 3.92. The van der Waals surface area contributed by atoms with Crippen molar-refractivity contribution in [3.63, 3.8) is 0 Å². The zero-order valence-electron chi connectivity index (χ0n) is 3.98. The molecule has 0 spiro atoms. The number of hydrogen-bond donors (Lipinski definition) is 1.